The molecule has 1 aliphatic carbocycles. The molecule has 1 fully saturated rings. The topological polar surface area (TPSA) is 53.8 Å². The number of benzene rings is 2. The van der Waals surface area contributed by atoms with Crippen LogP contribution in [-0.4, -0.2) is 34.2 Å². The molecule has 0 aliphatic heterocycles. The molecule has 1 aromatic heterocycles. The smallest absolute Gasteiger partial charge is 0.254 e. The van der Waals surface area contributed by atoms with Crippen LogP contribution in [0.1, 0.15) is 34.5 Å². The summed E-state index contributed by atoms with van der Waals surface area (Å²) < 4.78 is 5.46. The Balaban J connectivity index is 1.54. The maximum absolute atomic E-state index is 13.3. The third-order valence-corrected chi connectivity index (χ3v) is 5.60. The van der Waals surface area contributed by atoms with Gasteiger partial charge in [0, 0.05) is 28.2 Å². The number of hydrogen-bond acceptors (Lipinski definition) is 3. The van der Waals surface area contributed by atoms with Crippen molar-refractivity contribution in [3.05, 3.63) is 93.9 Å². The van der Waals surface area contributed by atoms with Crippen LogP contribution in [-0.2, 0) is 17.9 Å². The molecule has 0 spiro atoms. The van der Waals surface area contributed by atoms with Gasteiger partial charge in [-0.2, -0.15) is 0 Å². The number of rotatable bonds is 8. The molecular weight excluding hydrogens is 435 g/mol. The summed E-state index contributed by atoms with van der Waals surface area (Å²) in [6.07, 6.45) is 3.35. The van der Waals surface area contributed by atoms with Gasteiger partial charge in [0.1, 0.15) is 12.3 Å². The van der Waals surface area contributed by atoms with Crippen molar-refractivity contribution in [2.24, 2.45) is 0 Å². The predicted octanol–water partition coefficient (Wildman–Crippen LogP) is 5.42. The van der Waals surface area contributed by atoms with Gasteiger partial charge in [-0.05, 0) is 48.7 Å². The summed E-state index contributed by atoms with van der Waals surface area (Å²) in [5.41, 5.74) is 1.39. The second-order valence-electron chi connectivity index (χ2n) is 7.64. The standard InChI is InChI=1S/C24H22Cl2N2O3/c25-19-11-18(12-20(26)13-19)24(30)28(21-8-9-21)16-23(29)27(15-22-7-4-10-31-22)14-17-5-2-1-3-6-17/h1-7,10-13,21H,8-9,14-16H2. The van der Waals surface area contributed by atoms with E-state index in [1.807, 2.05) is 36.4 Å². The van der Waals surface area contributed by atoms with Crippen LogP contribution in [0.4, 0.5) is 0 Å². The van der Waals surface area contributed by atoms with Crippen molar-refractivity contribution in [2.75, 3.05) is 6.54 Å². The summed E-state index contributed by atoms with van der Waals surface area (Å²) in [6.45, 7) is 0.744. The Hall–Kier alpha value is -2.76. The van der Waals surface area contributed by atoms with Gasteiger partial charge in [-0.3, -0.25) is 9.59 Å². The highest BCUT2D eigenvalue weighted by atomic mass is 35.5. The zero-order valence-corrected chi connectivity index (χ0v) is 18.4. The molecule has 31 heavy (non-hydrogen) atoms. The lowest BCUT2D eigenvalue weighted by molar-refractivity contribution is -0.133. The van der Waals surface area contributed by atoms with E-state index in [-0.39, 0.29) is 24.4 Å². The van der Waals surface area contributed by atoms with Crippen molar-refractivity contribution in [2.45, 2.75) is 32.0 Å². The minimum absolute atomic E-state index is 0.0127. The molecule has 2 amide bonds. The van der Waals surface area contributed by atoms with Crippen LogP contribution < -0.4 is 0 Å². The van der Waals surface area contributed by atoms with Gasteiger partial charge in [-0.1, -0.05) is 53.5 Å². The molecule has 1 saturated carbocycles. The number of furan rings is 1. The van der Waals surface area contributed by atoms with Gasteiger partial charge < -0.3 is 14.2 Å². The number of amides is 2. The van der Waals surface area contributed by atoms with E-state index < -0.39 is 0 Å². The average molecular weight is 457 g/mol. The first-order valence-electron chi connectivity index (χ1n) is 10.1. The lowest BCUT2D eigenvalue weighted by Crippen LogP contribution is -2.43. The van der Waals surface area contributed by atoms with E-state index in [0.29, 0.717) is 34.5 Å². The summed E-state index contributed by atoms with van der Waals surface area (Å²) in [5.74, 6) is 0.307. The Morgan fingerprint density at radius 3 is 2.26 bits per heavy atom. The third kappa shape index (κ3) is 5.69. The Bertz CT molecular complexity index is 1030. The van der Waals surface area contributed by atoms with Crippen molar-refractivity contribution in [3.63, 3.8) is 0 Å². The van der Waals surface area contributed by atoms with Crippen LogP contribution >= 0.6 is 23.2 Å². The minimum atomic E-state index is -0.238. The number of carbonyl (C=O) groups excluding carboxylic acids is 2. The van der Waals surface area contributed by atoms with Gasteiger partial charge >= 0.3 is 0 Å². The van der Waals surface area contributed by atoms with Crippen LogP contribution in [0.15, 0.2) is 71.3 Å². The highest BCUT2D eigenvalue weighted by molar-refractivity contribution is 6.35. The number of nitrogens with zero attached hydrogens (tertiary/aromatic N) is 2. The van der Waals surface area contributed by atoms with Gasteiger partial charge in [-0.15, -0.1) is 0 Å². The molecular formula is C24H22Cl2N2O3. The predicted molar refractivity (Wildman–Crippen MR) is 120 cm³/mol. The van der Waals surface area contributed by atoms with Crippen LogP contribution in [0.3, 0.4) is 0 Å². The molecule has 0 atom stereocenters. The zero-order valence-electron chi connectivity index (χ0n) is 16.8. The van der Waals surface area contributed by atoms with E-state index in [4.69, 9.17) is 27.6 Å². The summed E-state index contributed by atoms with van der Waals surface area (Å²) in [5, 5.41) is 0.780. The zero-order chi connectivity index (χ0) is 21.8. The molecule has 0 bridgehead atoms. The SMILES string of the molecule is O=C(CN(C(=O)c1cc(Cl)cc(Cl)c1)C1CC1)N(Cc1ccccc1)Cc1ccco1. The Labute approximate surface area is 191 Å². The van der Waals surface area contributed by atoms with E-state index in [1.54, 1.807) is 40.3 Å². The van der Waals surface area contributed by atoms with E-state index in [0.717, 1.165) is 18.4 Å². The van der Waals surface area contributed by atoms with E-state index in [9.17, 15) is 9.59 Å². The lowest BCUT2D eigenvalue weighted by atomic mass is 10.2. The van der Waals surface area contributed by atoms with E-state index in [2.05, 4.69) is 0 Å². The average Bonchev–Trinajstić information content (AvgIpc) is 3.46. The number of hydrogen-bond donors (Lipinski definition) is 0. The Morgan fingerprint density at radius 1 is 0.935 bits per heavy atom. The molecule has 3 aromatic rings. The summed E-state index contributed by atoms with van der Waals surface area (Å²) in [4.78, 5) is 29.8. The Kier molecular flexibility index (Phi) is 6.64. The van der Waals surface area contributed by atoms with E-state index >= 15 is 0 Å². The quantitative estimate of drug-likeness (QED) is 0.454. The van der Waals surface area contributed by atoms with Gasteiger partial charge in [0.05, 0.1) is 12.8 Å². The molecule has 160 valence electrons. The second kappa shape index (κ2) is 9.58. The second-order valence-corrected chi connectivity index (χ2v) is 8.51. The molecule has 1 aliphatic rings. The lowest BCUT2D eigenvalue weighted by Gasteiger charge is -2.27. The van der Waals surface area contributed by atoms with Gasteiger partial charge in [0.2, 0.25) is 5.91 Å². The van der Waals surface area contributed by atoms with E-state index in [1.165, 1.54) is 0 Å². The van der Waals surface area contributed by atoms with Crippen LogP contribution in [0.2, 0.25) is 10.0 Å². The summed E-state index contributed by atoms with van der Waals surface area (Å²) >= 11 is 12.2. The van der Waals surface area contributed by atoms with Crippen LogP contribution in [0.25, 0.3) is 0 Å². The normalized spacial score (nSPS) is 13.1. The summed E-state index contributed by atoms with van der Waals surface area (Å²) in [6, 6.07) is 18.2. The third-order valence-electron chi connectivity index (χ3n) is 5.16. The summed E-state index contributed by atoms with van der Waals surface area (Å²) in [7, 11) is 0. The molecule has 1 heterocycles. The maximum Gasteiger partial charge on any atom is 0.254 e. The molecule has 7 heteroatoms. The van der Waals surface area contributed by atoms with Gasteiger partial charge in [-0.25, -0.2) is 0 Å². The monoisotopic (exact) mass is 456 g/mol. The fourth-order valence-corrected chi connectivity index (χ4v) is 3.99. The first kappa shape index (κ1) is 21.5. The minimum Gasteiger partial charge on any atom is -0.467 e. The highest BCUT2D eigenvalue weighted by Gasteiger charge is 2.35. The number of halogens is 2. The van der Waals surface area contributed by atoms with Crippen molar-refractivity contribution in [3.8, 4) is 0 Å². The molecule has 0 N–H and O–H groups in total. The maximum atomic E-state index is 13.3. The molecule has 0 unspecified atom stereocenters. The van der Waals surface area contributed by atoms with Crippen LogP contribution in [0, 0.1) is 0 Å². The first-order chi connectivity index (χ1) is 15.0. The fraction of sp³-hybridized carbons (Fsp3) is 0.250. The molecule has 5 nitrogen and oxygen atoms in total. The van der Waals surface area contributed by atoms with Crippen molar-refractivity contribution in [1.82, 2.24) is 9.80 Å². The Morgan fingerprint density at radius 2 is 1.65 bits per heavy atom. The van der Waals surface area contributed by atoms with Crippen molar-refractivity contribution >= 4 is 35.0 Å². The van der Waals surface area contributed by atoms with Gasteiger partial charge in [0.15, 0.2) is 0 Å². The number of carbonyl (C=O) groups is 2. The van der Waals surface area contributed by atoms with Crippen molar-refractivity contribution < 1.29 is 14.0 Å². The van der Waals surface area contributed by atoms with Crippen molar-refractivity contribution in [1.29, 1.82) is 0 Å². The van der Waals surface area contributed by atoms with Crippen LogP contribution in [0.5, 0.6) is 0 Å². The van der Waals surface area contributed by atoms with Gasteiger partial charge in [0.25, 0.3) is 5.91 Å². The molecule has 4 rings (SSSR count). The molecule has 0 radical (unpaired) electrons. The fourth-order valence-electron chi connectivity index (χ4n) is 3.47. The first-order valence-corrected chi connectivity index (χ1v) is 10.9. The molecule has 2 aromatic carbocycles. The molecule has 0 saturated heterocycles. The highest BCUT2D eigenvalue weighted by Crippen LogP contribution is 2.30. The largest absolute Gasteiger partial charge is 0.467 e.